The van der Waals surface area contributed by atoms with Crippen molar-refractivity contribution in [3.63, 3.8) is 0 Å². The van der Waals surface area contributed by atoms with Crippen LogP contribution < -0.4 is 4.90 Å². The molecule has 2 aromatic heterocycles. The standard InChI is InChI=1S/C24H22FN5OS2/c1-29-22(18-9-10-18)27-28-24(29)33-15-21(31)30(13-16-7-11-19(25)12-8-16)23-26-20(14-32-23)17-5-3-2-4-6-17/h2-8,11-12,14,18H,9-10,13,15H2,1H3. The minimum absolute atomic E-state index is 0.0886. The molecule has 33 heavy (non-hydrogen) atoms. The van der Waals surface area contributed by atoms with Crippen molar-refractivity contribution in [2.75, 3.05) is 10.7 Å². The number of amides is 1. The fourth-order valence-electron chi connectivity index (χ4n) is 3.52. The quantitative estimate of drug-likeness (QED) is 0.322. The van der Waals surface area contributed by atoms with E-state index >= 15 is 0 Å². The third-order valence-electron chi connectivity index (χ3n) is 5.48. The molecule has 168 valence electrons. The van der Waals surface area contributed by atoms with E-state index in [1.165, 1.54) is 35.2 Å². The second-order valence-corrected chi connectivity index (χ2v) is 9.73. The van der Waals surface area contributed by atoms with Gasteiger partial charge in [0.2, 0.25) is 5.91 Å². The summed E-state index contributed by atoms with van der Waals surface area (Å²) in [5.74, 6) is 1.29. The zero-order valence-electron chi connectivity index (χ0n) is 18.0. The van der Waals surface area contributed by atoms with Crippen molar-refractivity contribution in [2.45, 2.75) is 30.5 Å². The lowest BCUT2D eigenvalue weighted by Gasteiger charge is -2.20. The molecule has 9 heteroatoms. The van der Waals surface area contributed by atoms with Crippen LogP contribution in [0.2, 0.25) is 0 Å². The monoisotopic (exact) mass is 479 g/mol. The summed E-state index contributed by atoms with van der Waals surface area (Å²) in [5.41, 5.74) is 2.65. The number of carbonyl (C=O) groups is 1. The second kappa shape index (κ2) is 9.44. The van der Waals surface area contributed by atoms with Gasteiger partial charge in [-0.25, -0.2) is 9.37 Å². The zero-order chi connectivity index (χ0) is 22.8. The molecule has 2 aromatic carbocycles. The second-order valence-electron chi connectivity index (χ2n) is 7.95. The Morgan fingerprint density at radius 2 is 1.91 bits per heavy atom. The van der Waals surface area contributed by atoms with Gasteiger partial charge in [-0.05, 0) is 30.5 Å². The largest absolute Gasteiger partial charge is 0.309 e. The summed E-state index contributed by atoms with van der Waals surface area (Å²) in [6.07, 6.45) is 2.30. The Hall–Kier alpha value is -3.04. The Morgan fingerprint density at radius 3 is 2.64 bits per heavy atom. The molecule has 0 atom stereocenters. The van der Waals surface area contributed by atoms with Gasteiger partial charge in [-0.1, -0.05) is 54.2 Å². The summed E-state index contributed by atoms with van der Waals surface area (Å²) < 4.78 is 15.4. The first-order valence-electron chi connectivity index (χ1n) is 10.7. The van der Waals surface area contributed by atoms with Crippen molar-refractivity contribution in [3.05, 3.63) is 77.2 Å². The van der Waals surface area contributed by atoms with E-state index in [0.29, 0.717) is 17.6 Å². The van der Waals surface area contributed by atoms with E-state index in [1.807, 2.05) is 47.3 Å². The summed E-state index contributed by atoms with van der Waals surface area (Å²) in [6, 6.07) is 16.1. The first kappa shape index (κ1) is 21.8. The van der Waals surface area contributed by atoms with Crippen LogP contribution in [0.4, 0.5) is 9.52 Å². The molecule has 4 aromatic rings. The summed E-state index contributed by atoms with van der Waals surface area (Å²) >= 11 is 2.80. The van der Waals surface area contributed by atoms with Gasteiger partial charge in [0.15, 0.2) is 10.3 Å². The van der Waals surface area contributed by atoms with Crippen LogP contribution in [-0.2, 0) is 18.4 Å². The summed E-state index contributed by atoms with van der Waals surface area (Å²) in [4.78, 5) is 19.7. The number of benzene rings is 2. The smallest absolute Gasteiger partial charge is 0.239 e. The van der Waals surface area contributed by atoms with Gasteiger partial charge in [-0.3, -0.25) is 9.69 Å². The van der Waals surface area contributed by atoms with Crippen LogP contribution in [0, 0.1) is 5.82 Å². The van der Waals surface area contributed by atoms with Gasteiger partial charge in [-0.15, -0.1) is 21.5 Å². The topological polar surface area (TPSA) is 63.9 Å². The molecule has 0 spiro atoms. The average Bonchev–Trinajstić information content (AvgIpc) is 3.44. The lowest BCUT2D eigenvalue weighted by atomic mass is 10.2. The van der Waals surface area contributed by atoms with Crippen LogP contribution in [0.15, 0.2) is 65.1 Å². The molecule has 0 aliphatic heterocycles. The third-order valence-corrected chi connectivity index (χ3v) is 7.35. The first-order chi connectivity index (χ1) is 16.1. The van der Waals surface area contributed by atoms with E-state index in [0.717, 1.165) is 40.6 Å². The number of halogens is 1. The van der Waals surface area contributed by atoms with Gasteiger partial charge in [0.05, 0.1) is 18.0 Å². The Bertz CT molecular complexity index is 1250. The fourth-order valence-corrected chi connectivity index (χ4v) is 5.16. The molecular formula is C24H22FN5OS2. The number of thioether (sulfide) groups is 1. The molecule has 2 heterocycles. The van der Waals surface area contributed by atoms with E-state index in [9.17, 15) is 9.18 Å². The van der Waals surface area contributed by atoms with Crippen molar-refractivity contribution in [3.8, 4) is 11.3 Å². The molecule has 0 radical (unpaired) electrons. The molecule has 1 saturated carbocycles. The van der Waals surface area contributed by atoms with Gasteiger partial charge in [0.1, 0.15) is 11.6 Å². The van der Waals surface area contributed by atoms with Crippen LogP contribution in [-0.4, -0.2) is 31.4 Å². The normalized spacial score (nSPS) is 13.3. The van der Waals surface area contributed by atoms with Crippen molar-refractivity contribution >= 4 is 34.1 Å². The number of aromatic nitrogens is 4. The van der Waals surface area contributed by atoms with Gasteiger partial charge >= 0.3 is 0 Å². The molecule has 1 aliphatic rings. The van der Waals surface area contributed by atoms with Crippen molar-refractivity contribution in [2.24, 2.45) is 7.05 Å². The van der Waals surface area contributed by atoms with Crippen molar-refractivity contribution in [1.82, 2.24) is 19.7 Å². The fraction of sp³-hybridized carbons (Fsp3) is 0.250. The van der Waals surface area contributed by atoms with Gasteiger partial charge in [-0.2, -0.15) is 0 Å². The third kappa shape index (κ3) is 4.99. The predicted octanol–water partition coefficient (Wildman–Crippen LogP) is 5.28. The van der Waals surface area contributed by atoms with E-state index < -0.39 is 0 Å². The van der Waals surface area contributed by atoms with E-state index in [1.54, 1.807) is 17.0 Å². The average molecular weight is 480 g/mol. The number of hydrogen-bond donors (Lipinski definition) is 0. The molecule has 1 aliphatic carbocycles. The Balaban J connectivity index is 1.36. The molecule has 0 bridgehead atoms. The maximum absolute atomic E-state index is 13.4. The number of rotatable bonds is 8. The van der Waals surface area contributed by atoms with E-state index in [2.05, 4.69) is 10.2 Å². The molecular weight excluding hydrogens is 457 g/mol. The Morgan fingerprint density at radius 1 is 1.15 bits per heavy atom. The van der Waals surface area contributed by atoms with Crippen LogP contribution in [0.3, 0.4) is 0 Å². The highest BCUT2D eigenvalue weighted by molar-refractivity contribution is 7.99. The van der Waals surface area contributed by atoms with Crippen LogP contribution in [0.5, 0.6) is 0 Å². The minimum Gasteiger partial charge on any atom is -0.309 e. The highest BCUT2D eigenvalue weighted by atomic mass is 32.2. The molecule has 5 rings (SSSR count). The molecule has 1 fully saturated rings. The maximum atomic E-state index is 13.4. The van der Waals surface area contributed by atoms with E-state index in [-0.39, 0.29) is 17.5 Å². The highest BCUT2D eigenvalue weighted by Gasteiger charge is 2.29. The Kier molecular flexibility index (Phi) is 6.24. The zero-order valence-corrected chi connectivity index (χ0v) is 19.7. The lowest BCUT2D eigenvalue weighted by molar-refractivity contribution is -0.116. The van der Waals surface area contributed by atoms with Gasteiger partial charge in [0.25, 0.3) is 0 Å². The van der Waals surface area contributed by atoms with Crippen LogP contribution >= 0.6 is 23.1 Å². The van der Waals surface area contributed by atoms with Crippen LogP contribution in [0.25, 0.3) is 11.3 Å². The summed E-state index contributed by atoms with van der Waals surface area (Å²) in [5, 5.41) is 11.9. The Labute approximate surface area is 199 Å². The van der Waals surface area contributed by atoms with Gasteiger partial charge in [0, 0.05) is 23.9 Å². The molecule has 0 N–H and O–H groups in total. The van der Waals surface area contributed by atoms with Crippen LogP contribution in [0.1, 0.15) is 30.1 Å². The van der Waals surface area contributed by atoms with Gasteiger partial charge < -0.3 is 4.57 Å². The molecule has 0 unspecified atom stereocenters. The minimum atomic E-state index is -0.304. The molecule has 6 nitrogen and oxygen atoms in total. The first-order valence-corrected chi connectivity index (χ1v) is 12.5. The number of nitrogens with zero attached hydrogens (tertiary/aromatic N) is 5. The summed E-state index contributed by atoms with van der Waals surface area (Å²) in [7, 11) is 1.95. The summed E-state index contributed by atoms with van der Waals surface area (Å²) in [6.45, 7) is 0.313. The van der Waals surface area contributed by atoms with Crippen molar-refractivity contribution in [1.29, 1.82) is 0 Å². The molecule has 0 saturated heterocycles. The number of hydrogen-bond acceptors (Lipinski definition) is 6. The molecule has 1 amide bonds. The lowest BCUT2D eigenvalue weighted by Crippen LogP contribution is -2.32. The SMILES string of the molecule is Cn1c(SCC(=O)N(Cc2ccc(F)cc2)c2nc(-c3ccccc3)cs2)nnc1C1CC1. The number of anilines is 1. The van der Waals surface area contributed by atoms with E-state index in [4.69, 9.17) is 4.98 Å². The number of thiazole rings is 1. The maximum Gasteiger partial charge on any atom is 0.239 e. The van der Waals surface area contributed by atoms with Crippen molar-refractivity contribution < 1.29 is 9.18 Å². The predicted molar refractivity (Wildman–Crippen MR) is 129 cm³/mol. The highest BCUT2D eigenvalue weighted by Crippen LogP contribution is 2.39. The number of carbonyl (C=O) groups excluding carboxylic acids is 1.